The lowest BCUT2D eigenvalue weighted by atomic mass is 10.2. The van der Waals surface area contributed by atoms with Crippen LogP contribution in [0.1, 0.15) is 0 Å². The van der Waals surface area contributed by atoms with Gasteiger partial charge in [-0.05, 0) is 12.1 Å². The third kappa shape index (κ3) is 1.25. The summed E-state index contributed by atoms with van der Waals surface area (Å²) >= 11 is 0. The van der Waals surface area contributed by atoms with Crippen molar-refractivity contribution in [2.45, 2.75) is 0 Å². The van der Waals surface area contributed by atoms with E-state index in [9.17, 15) is 4.79 Å². The normalized spacial score (nSPS) is 10.2. The van der Waals surface area contributed by atoms with Crippen molar-refractivity contribution in [1.82, 2.24) is 9.97 Å². The van der Waals surface area contributed by atoms with Gasteiger partial charge in [-0.1, -0.05) is 12.1 Å². The number of hydrogen-bond acceptors (Lipinski definition) is 4. The Balaban J connectivity index is 2.89. The van der Waals surface area contributed by atoms with E-state index in [0.717, 1.165) is 0 Å². The van der Waals surface area contributed by atoms with Crippen LogP contribution in [0, 0.1) is 0 Å². The predicted molar refractivity (Wildman–Crippen MR) is 47.8 cm³/mol. The highest BCUT2D eigenvalue weighted by atomic mass is 16.5. The van der Waals surface area contributed by atoms with Crippen molar-refractivity contribution in [3.8, 4) is 0 Å². The Labute approximate surface area is 73.0 Å². The molecule has 66 valence electrons. The maximum Gasteiger partial charge on any atom is 0.347 e. The molecule has 0 radical (unpaired) electrons. The zero-order valence-electron chi connectivity index (χ0n) is 6.61. The van der Waals surface area contributed by atoms with Gasteiger partial charge in [0.1, 0.15) is 0 Å². The predicted octanol–water partition coefficient (Wildman–Crippen LogP) is 0.724. The first-order valence-electron chi connectivity index (χ1n) is 3.70. The van der Waals surface area contributed by atoms with Gasteiger partial charge in [0.25, 0.3) is 0 Å². The lowest BCUT2D eigenvalue weighted by molar-refractivity contribution is 0.386. The summed E-state index contributed by atoms with van der Waals surface area (Å²) in [5.41, 5.74) is 2.03. The van der Waals surface area contributed by atoms with Gasteiger partial charge in [0.05, 0.1) is 5.52 Å². The van der Waals surface area contributed by atoms with Gasteiger partial charge in [-0.3, -0.25) is 10.7 Å². The van der Waals surface area contributed by atoms with Gasteiger partial charge in [-0.2, -0.15) is 4.98 Å². The minimum atomic E-state index is -0.491. The Hall–Kier alpha value is -1.88. The number of aromatic amines is 1. The second-order valence-corrected chi connectivity index (χ2v) is 2.55. The fraction of sp³-hybridized carbons (Fsp3) is 0. The molecule has 13 heavy (non-hydrogen) atoms. The van der Waals surface area contributed by atoms with Crippen LogP contribution < -0.4 is 11.2 Å². The molecule has 0 saturated heterocycles. The highest BCUT2D eigenvalue weighted by Gasteiger charge is 2.01. The minimum Gasteiger partial charge on any atom is -0.305 e. The monoisotopic (exact) mass is 177 g/mol. The summed E-state index contributed by atoms with van der Waals surface area (Å²) in [7, 11) is 0. The summed E-state index contributed by atoms with van der Waals surface area (Å²) in [6, 6.07) is 7.07. The fourth-order valence-electron chi connectivity index (χ4n) is 1.19. The van der Waals surface area contributed by atoms with Crippen LogP contribution in [0.2, 0.25) is 0 Å². The van der Waals surface area contributed by atoms with E-state index in [1.165, 1.54) is 0 Å². The maximum absolute atomic E-state index is 10.9. The molecule has 0 atom stereocenters. The van der Waals surface area contributed by atoms with Gasteiger partial charge in [-0.15, -0.1) is 0 Å². The molecule has 1 aromatic heterocycles. The number of benzene rings is 1. The van der Waals surface area contributed by atoms with Crippen molar-refractivity contribution < 1.29 is 5.21 Å². The molecule has 5 heteroatoms. The topological polar surface area (TPSA) is 78.0 Å². The van der Waals surface area contributed by atoms with Gasteiger partial charge in [0, 0.05) is 5.39 Å². The van der Waals surface area contributed by atoms with Crippen LogP contribution in [0.3, 0.4) is 0 Å². The molecule has 2 rings (SSSR count). The maximum atomic E-state index is 10.9. The zero-order chi connectivity index (χ0) is 9.26. The number of fused-ring (bicyclic) bond motifs is 1. The number of rotatable bonds is 1. The molecule has 0 unspecified atom stereocenters. The SMILES string of the molecule is O=c1nc(NO)c2ccccc2[nH]1. The standard InChI is InChI=1S/C8H7N3O2/c12-8-9-6-4-2-1-3-5(6)7(10-8)11-13/h1-4,13H,(H2,9,10,11,12). The van der Waals surface area contributed by atoms with Crippen LogP contribution >= 0.6 is 0 Å². The van der Waals surface area contributed by atoms with E-state index >= 15 is 0 Å². The first kappa shape index (κ1) is 7.75. The molecular weight excluding hydrogens is 170 g/mol. The summed E-state index contributed by atoms with van der Waals surface area (Å²) in [4.78, 5) is 17.0. The number of hydrogen-bond donors (Lipinski definition) is 3. The van der Waals surface area contributed by atoms with Gasteiger partial charge >= 0.3 is 5.69 Å². The Bertz CT molecular complexity index is 492. The second-order valence-electron chi connectivity index (χ2n) is 2.55. The molecule has 0 aliphatic heterocycles. The molecule has 1 heterocycles. The lowest BCUT2D eigenvalue weighted by Gasteiger charge is -2.01. The van der Waals surface area contributed by atoms with Crippen molar-refractivity contribution in [2.75, 3.05) is 5.48 Å². The molecule has 0 saturated carbocycles. The molecule has 1 aromatic carbocycles. The van der Waals surface area contributed by atoms with Gasteiger partial charge in [0.15, 0.2) is 5.82 Å². The largest absolute Gasteiger partial charge is 0.347 e. The average molecular weight is 177 g/mol. The van der Waals surface area contributed by atoms with Crippen molar-refractivity contribution >= 4 is 16.7 Å². The van der Waals surface area contributed by atoms with Crippen LogP contribution in [0.25, 0.3) is 10.9 Å². The van der Waals surface area contributed by atoms with E-state index in [0.29, 0.717) is 10.9 Å². The summed E-state index contributed by atoms with van der Waals surface area (Å²) in [5, 5.41) is 9.37. The molecule has 5 nitrogen and oxygen atoms in total. The van der Waals surface area contributed by atoms with Crippen LogP contribution in [-0.2, 0) is 0 Å². The number of para-hydroxylation sites is 1. The Morgan fingerprint density at radius 2 is 2.15 bits per heavy atom. The molecule has 0 spiro atoms. The van der Waals surface area contributed by atoms with E-state index in [1.54, 1.807) is 24.3 Å². The average Bonchev–Trinajstić information content (AvgIpc) is 2.16. The zero-order valence-corrected chi connectivity index (χ0v) is 6.61. The smallest absolute Gasteiger partial charge is 0.305 e. The minimum absolute atomic E-state index is 0.166. The van der Waals surface area contributed by atoms with E-state index < -0.39 is 5.69 Å². The van der Waals surface area contributed by atoms with Gasteiger partial charge in [0.2, 0.25) is 0 Å². The van der Waals surface area contributed by atoms with Crippen molar-refractivity contribution in [1.29, 1.82) is 0 Å². The molecule has 0 aliphatic rings. The van der Waals surface area contributed by atoms with E-state index in [-0.39, 0.29) is 5.82 Å². The van der Waals surface area contributed by atoms with Gasteiger partial charge in [-0.25, -0.2) is 4.79 Å². The highest BCUT2D eigenvalue weighted by molar-refractivity contribution is 5.88. The number of nitrogens with one attached hydrogen (secondary N) is 2. The van der Waals surface area contributed by atoms with Crippen LogP contribution in [0.4, 0.5) is 5.82 Å². The first-order valence-corrected chi connectivity index (χ1v) is 3.70. The third-order valence-corrected chi connectivity index (χ3v) is 1.74. The molecule has 0 fully saturated rings. The summed E-state index contributed by atoms with van der Waals surface area (Å²) in [5.74, 6) is 0.166. The fourth-order valence-corrected chi connectivity index (χ4v) is 1.19. The quantitative estimate of drug-likeness (QED) is 0.561. The number of nitrogens with zero attached hydrogens (tertiary/aromatic N) is 1. The van der Waals surface area contributed by atoms with Crippen LogP contribution in [-0.4, -0.2) is 15.2 Å². The first-order chi connectivity index (χ1) is 6.31. The summed E-state index contributed by atoms with van der Waals surface area (Å²) in [6.07, 6.45) is 0. The molecule has 0 bridgehead atoms. The van der Waals surface area contributed by atoms with E-state index in [4.69, 9.17) is 5.21 Å². The van der Waals surface area contributed by atoms with Gasteiger partial charge < -0.3 is 4.98 Å². The van der Waals surface area contributed by atoms with Crippen molar-refractivity contribution in [2.24, 2.45) is 0 Å². The Morgan fingerprint density at radius 1 is 1.38 bits per heavy atom. The van der Waals surface area contributed by atoms with Crippen LogP contribution in [0.5, 0.6) is 0 Å². The van der Waals surface area contributed by atoms with Crippen molar-refractivity contribution in [3.05, 3.63) is 34.7 Å². The number of H-pyrrole nitrogens is 1. The molecular formula is C8H7N3O2. The highest BCUT2D eigenvalue weighted by Crippen LogP contribution is 2.15. The third-order valence-electron chi connectivity index (χ3n) is 1.74. The van der Waals surface area contributed by atoms with Crippen molar-refractivity contribution in [3.63, 3.8) is 0 Å². The molecule has 3 N–H and O–H groups in total. The molecule has 0 aliphatic carbocycles. The Kier molecular flexibility index (Phi) is 1.71. The molecule has 2 aromatic rings. The number of aromatic nitrogens is 2. The van der Waals surface area contributed by atoms with E-state index in [1.807, 2.05) is 5.48 Å². The summed E-state index contributed by atoms with van der Waals surface area (Å²) in [6.45, 7) is 0. The number of anilines is 1. The lowest BCUT2D eigenvalue weighted by Crippen LogP contribution is -2.12. The Morgan fingerprint density at radius 3 is 2.92 bits per heavy atom. The second kappa shape index (κ2) is 2.87. The molecule has 0 amide bonds. The van der Waals surface area contributed by atoms with E-state index in [2.05, 4.69) is 9.97 Å². The van der Waals surface area contributed by atoms with Crippen LogP contribution in [0.15, 0.2) is 29.1 Å². The summed E-state index contributed by atoms with van der Waals surface area (Å²) < 4.78 is 0.